The fraction of sp³-hybridized carbons (Fsp3) is 0.200. The zero-order valence-corrected chi connectivity index (χ0v) is 13.0. The Labute approximate surface area is 124 Å². The first-order valence-electron chi connectivity index (χ1n) is 6.02. The van der Waals surface area contributed by atoms with Crippen molar-refractivity contribution < 1.29 is 13.2 Å². The molecule has 5 heteroatoms. The van der Waals surface area contributed by atoms with Crippen LogP contribution in [0.2, 0.25) is 5.02 Å². The monoisotopic (exact) mass is 310 g/mol. The summed E-state index contributed by atoms with van der Waals surface area (Å²) >= 11 is 6.10. The molecule has 20 heavy (non-hydrogen) atoms. The van der Waals surface area contributed by atoms with E-state index >= 15 is 0 Å². The quantitative estimate of drug-likeness (QED) is 0.855. The van der Waals surface area contributed by atoms with Crippen molar-refractivity contribution in [2.24, 2.45) is 0 Å². The highest BCUT2D eigenvalue weighted by molar-refractivity contribution is 7.90. The van der Waals surface area contributed by atoms with Gasteiger partial charge in [0, 0.05) is 11.3 Å². The Hall–Kier alpha value is -1.52. The summed E-state index contributed by atoms with van der Waals surface area (Å²) < 4.78 is 28.5. The number of halogens is 1. The van der Waals surface area contributed by atoms with Gasteiger partial charge in [-0.2, -0.15) is 0 Å². The summed E-state index contributed by atoms with van der Waals surface area (Å²) in [6.45, 7) is 3.82. The number of rotatable bonds is 3. The summed E-state index contributed by atoms with van der Waals surface area (Å²) in [4.78, 5) is 0.272. The summed E-state index contributed by atoms with van der Waals surface area (Å²) in [5.41, 5.74) is 1.88. The lowest BCUT2D eigenvalue weighted by Gasteiger charge is -2.10. The zero-order valence-electron chi connectivity index (χ0n) is 11.5. The van der Waals surface area contributed by atoms with Gasteiger partial charge in [0.25, 0.3) is 0 Å². The molecule has 0 N–H and O–H groups in total. The molecule has 2 aromatic rings. The molecule has 0 saturated carbocycles. The van der Waals surface area contributed by atoms with Crippen molar-refractivity contribution in [2.45, 2.75) is 18.7 Å². The van der Waals surface area contributed by atoms with Crippen LogP contribution in [-0.2, 0) is 9.84 Å². The van der Waals surface area contributed by atoms with Gasteiger partial charge >= 0.3 is 0 Å². The first-order chi connectivity index (χ1) is 9.27. The molecule has 0 fully saturated rings. The summed E-state index contributed by atoms with van der Waals surface area (Å²) in [6.07, 6.45) is 1.18. The number of hydrogen-bond acceptors (Lipinski definition) is 3. The topological polar surface area (TPSA) is 43.4 Å². The highest BCUT2D eigenvalue weighted by atomic mass is 35.5. The third-order valence-electron chi connectivity index (χ3n) is 2.90. The van der Waals surface area contributed by atoms with E-state index in [9.17, 15) is 8.42 Å². The van der Waals surface area contributed by atoms with Gasteiger partial charge in [0.1, 0.15) is 11.5 Å². The molecule has 0 unspecified atom stereocenters. The molecular weight excluding hydrogens is 296 g/mol. The van der Waals surface area contributed by atoms with E-state index in [-0.39, 0.29) is 4.90 Å². The third-order valence-corrected chi connectivity index (χ3v) is 4.62. The van der Waals surface area contributed by atoms with Gasteiger partial charge in [0.05, 0.1) is 4.90 Å². The predicted molar refractivity (Wildman–Crippen MR) is 80.6 cm³/mol. The van der Waals surface area contributed by atoms with Gasteiger partial charge in [-0.3, -0.25) is 0 Å². The minimum absolute atomic E-state index is 0.272. The van der Waals surface area contributed by atoms with E-state index in [2.05, 4.69) is 0 Å². The Morgan fingerprint density at radius 3 is 1.90 bits per heavy atom. The van der Waals surface area contributed by atoms with Crippen molar-refractivity contribution in [1.82, 2.24) is 0 Å². The van der Waals surface area contributed by atoms with Gasteiger partial charge in [-0.05, 0) is 61.4 Å². The predicted octanol–water partition coefficient (Wildman–Crippen LogP) is 4.15. The number of sulfone groups is 1. The Kier molecular flexibility index (Phi) is 4.06. The Morgan fingerprint density at radius 2 is 1.45 bits per heavy atom. The molecule has 0 heterocycles. The maximum Gasteiger partial charge on any atom is 0.175 e. The second-order valence-electron chi connectivity index (χ2n) is 4.72. The maximum atomic E-state index is 11.4. The summed E-state index contributed by atoms with van der Waals surface area (Å²) in [5, 5.41) is 0.727. The molecule has 0 aromatic heterocycles. The first-order valence-corrected chi connectivity index (χ1v) is 8.29. The second-order valence-corrected chi connectivity index (χ2v) is 7.11. The molecule has 3 nitrogen and oxygen atoms in total. The van der Waals surface area contributed by atoms with Crippen LogP contribution in [0, 0.1) is 13.8 Å². The standard InChI is InChI=1S/C15H15ClO3S/c1-10-8-13(9-11(2)15(10)16)19-12-4-6-14(7-5-12)20(3,17)18/h4-9H,1-3H3. The van der Waals surface area contributed by atoms with Gasteiger partial charge in [0.2, 0.25) is 0 Å². The van der Waals surface area contributed by atoms with Crippen molar-refractivity contribution in [3.63, 3.8) is 0 Å². The van der Waals surface area contributed by atoms with Crippen LogP contribution in [0.3, 0.4) is 0 Å². The van der Waals surface area contributed by atoms with Crippen molar-refractivity contribution in [1.29, 1.82) is 0 Å². The Bertz CT molecular complexity index is 711. The van der Waals surface area contributed by atoms with Crippen LogP contribution in [0.4, 0.5) is 0 Å². The van der Waals surface area contributed by atoms with Gasteiger partial charge in [-0.25, -0.2) is 8.42 Å². The summed E-state index contributed by atoms with van der Waals surface area (Å²) in [7, 11) is -3.18. The summed E-state index contributed by atoms with van der Waals surface area (Å²) in [5.74, 6) is 1.26. The molecule has 0 amide bonds. The van der Waals surface area contributed by atoms with Crippen LogP contribution in [0.5, 0.6) is 11.5 Å². The largest absolute Gasteiger partial charge is 0.457 e. The summed E-state index contributed by atoms with van der Waals surface area (Å²) in [6, 6.07) is 10.0. The fourth-order valence-electron chi connectivity index (χ4n) is 1.86. The van der Waals surface area contributed by atoms with Crippen LogP contribution in [-0.4, -0.2) is 14.7 Å². The number of aryl methyl sites for hydroxylation is 2. The van der Waals surface area contributed by atoms with E-state index in [0.29, 0.717) is 11.5 Å². The van der Waals surface area contributed by atoms with Crippen molar-refractivity contribution in [3.8, 4) is 11.5 Å². The molecule has 2 rings (SSSR count). The van der Waals surface area contributed by atoms with Crippen LogP contribution >= 0.6 is 11.6 Å². The van der Waals surface area contributed by atoms with Crippen LogP contribution in [0.15, 0.2) is 41.3 Å². The highest BCUT2D eigenvalue weighted by Crippen LogP contribution is 2.29. The van der Waals surface area contributed by atoms with Gasteiger partial charge in [0.15, 0.2) is 9.84 Å². The van der Waals surface area contributed by atoms with Crippen LogP contribution < -0.4 is 4.74 Å². The Morgan fingerprint density at radius 1 is 0.950 bits per heavy atom. The van der Waals surface area contributed by atoms with E-state index in [1.807, 2.05) is 26.0 Å². The number of hydrogen-bond donors (Lipinski definition) is 0. The minimum Gasteiger partial charge on any atom is -0.457 e. The average Bonchev–Trinajstić information content (AvgIpc) is 2.35. The normalized spacial score (nSPS) is 11.4. The molecule has 0 bridgehead atoms. The SMILES string of the molecule is Cc1cc(Oc2ccc(S(C)(=O)=O)cc2)cc(C)c1Cl. The lowest BCUT2D eigenvalue weighted by atomic mass is 10.1. The third kappa shape index (κ3) is 3.32. The van der Waals surface area contributed by atoms with E-state index in [1.54, 1.807) is 12.1 Å². The van der Waals surface area contributed by atoms with E-state index in [1.165, 1.54) is 18.4 Å². The van der Waals surface area contributed by atoms with Crippen molar-refractivity contribution >= 4 is 21.4 Å². The van der Waals surface area contributed by atoms with Crippen LogP contribution in [0.25, 0.3) is 0 Å². The van der Waals surface area contributed by atoms with Crippen molar-refractivity contribution in [3.05, 3.63) is 52.5 Å². The molecular formula is C15H15ClO3S. The molecule has 0 saturated heterocycles. The second kappa shape index (κ2) is 5.46. The molecule has 0 aliphatic heterocycles. The van der Waals surface area contributed by atoms with E-state index < -0.39 is 9.84 Å². The van der Waals surface area contributed by atoms with Crippen molar-refractivity contribution in [2.75, 3.05) is 6.26 Å². The van der Waals surface area contributed by atoms with E-state index in [4.69, 9.17) is 16.3 Å². The fourth-order valence-corrected chi connectivity index (χ4v) is 2.60. The van der Waals surface area contributed by atoms with Gasteiger partial charge < -0.3 is 4.74 Å². The lowest BCUT2D eigenvalue weighted by Crippen LogP contribution is -1.96. The molecule has 0 aliphatic carbocycles. The van der Waals surface area contributed by atoms with Gasteiger partial charge in [-0.15, -0.1) is 0 Å². The van der Waals surface area contributed by atoms with Gasteiger partial charge in [-0.1, -0.05) is 11.6 Å². The average molecular weight is 311 g/mol. The number of benzene rings is 2. The molecule has 0 radical (unpaired) electrons. The Balaban J connectivity index is 2.27. The smallest absolute Gasteiger partial charge is 0.175 e. The molecule has 0 atom stereocenters. The maximum absolute atomic E-state index is 11.4. The first kappa shape index (κ1) is 14.9. The minimum atomic E-state index is -3.18. The van der Waals surface area contributed by atoms with E-state index in [0.717, 1.165) is 16.1 Å². The molecule has 2 aromatic carbocycles. The highest BCUT2D eigenvalue weighted by Gasteiger charge is 2.08. The molecule has 0 spiro atoms. The van der Waals surface area contributed by atoms with Crippen LogP contribution in [0.1, 0.15) is 11.1 Å². The number of ether oxygens (including phenoxy) is 1. The molecule has 0 aliphatic rings. The molecule has 106 valence electrons. The lowest BCUT2D eigenvalue weighted by molar-refractivity contribution is 0.481. The zero-order chi connectivity index (χ0) is 14.9.